The summed E-state index contributed by atoms with van der Waals surface area (Å²) >= 11 is 1.33. The standard InChI is InChI=1S/C30H19NO3S/c31-18-20-10-12-24(13-11-20)28(33)30-29(25-8-4-5-9-27(25)35-30)34-19-26(32)23-16-14-22(15-17-23)21-6-2-1-3-7-21/h1-17H,19H2. The van der Waals surface area contributed by atoms with Crippen molar-refractivity contribution in [1.82, 2.24) is 0 Å². The molecule has 0 spiro atoms. The Hall–Kier alpha value is -4.53. The molecule has 0 bridgehead atoms. The Bertz CT molecular complexity index is 1560. The predicted molar refractivity (Wildman–Crippen MR) is 138 cm³/mol. The summed E-state index contributed by atoms with van der Waals surface area (Å²) in [7, 11) is 0. The lowest BCUT2D eigenvalue weighted by Crippen LogP contribution is -2.13. The third-order valence-electron chi connectivity index (χ3n) is 5.69. The fourth-order valence-corrected chi connectivity index (χ4v) is 4.95. The number of nitriles is 1. The Morgan fingerprint density at radius 1 is 0.743 bits per heavy atom. The second kappa shape index (κ2) is 9.76. The fraction of sp³-hybridized carbons (Fsp3) is 0.0333. The molecule has 168 valence electrons. The van der Waals surface area contributed by atoms with Crippen LogP contribution in [-0.4, -0.2) is 18.2 Å². The van der Waals surface area contributed by atoms with Gasteiger partial charge in [0.15, 0.2) is 12.4 Å². The van der Waals surface area contributed by atoms with Crippen LogP contribution < -0.4 is 4.74 Å². The van der Waals surface area contributed by atoms with Crippen molar-refractivity contribution in [3.05, 3.63) is 125 Å². The van der Waals surface area contributed by atoms with Gasteiger partial charge in [0.25, 0.3) is 0 Å². The van der Waals surface area contributed by atoms with Crippen molar-refractivity contribution >= 4 is 33.0 Å². The molecule has 5 rings (SSSR count). The summed E-state index contributed by atoms with van der Waals surface area (Å²) in [6.07, 6.45) is 0. The van der Waals surface area contributed by atoms with Crippen molar-refractivity contribution in [3.63, 3.8) is 0 Å². The Balaban J connectivity index is 1.39. The van der Waals surface area contributed by atoms with E-state index in [1.807, 2.05) is 66.7 Å². The van der Waals surface area contributed by atoms with Crippen LogP contribution in [-0.2, 0) is 0 Å². The van der Waals surface area contributed by atoms with E-state index in [1.165, 1.54) is 11.3 Å². The minimum atomic E-state index is -0.203. The van der Waals surface area contributed by atoms with E-state index in [9.17, 15) is 9.59 Å². The lowest BCUT2D eigenvalue weighted by Gasteiger charge is -2.08. The van der Waals surface area contributed by atoms with Crippen molar-refractivity contribution < 1.29 is 14.3 Å². The van der Waals surface area contributed by atoms with Gasteiger partial charge in [-0.25, -0.2) is 0 Å². The van der Waals surface area contributed by atoms with Gasteiger partial charge in [0.1, 0.15) is 10.6 Å². The van der Waals surface area contributed by atoms with E-state index in [0.717, 1.165) is 21.2 Å². The topological polar surface area (TPSA) is 67.2 Å². The maximum absolute atomic E-state index is 13.3. The molecule has 0 saturated heterocycles. The Labute approximate surface area is 206 Å². The number of carbonyl (C=O) groups excluding carboxylic acids is 2. The molecule has 1 heterocycles. The smallest absolute Gasteiger partial charge is 0.206 e. The number of thiophene rings is 1. The minimum absolute atomic E-state index is 0.170. The molecule has 0 radical (unpaired) electrons. The van der Waals surface area contributed by atoms with Crippen LogP contribution in [0.3, 0.4) is 0 Å². The lowest BCUT2D eigenvalue weighted by molar-refractivity contribution is 0.0917. The molecule has 0 N–H and O–H groups in total. The minimum Gasteiger partial charge on any atom is -0.483 e. The molecule has 0 saturated carbocycles. The monoisotopic (exact) mass is 473 g/mol. The molecule has 5 aromatic rings. The molecule has 35 heavy (non-hydrogen) atoms. The van der Waals surface area contributed by atoms with Crippen LogP contribution in [0.25, 0.3) is 21.2 Å². The second-order valence-electron chi connectivity index (χ2n) is 7.93. The lowest BCUT2D eigenvalue weighted by atomic mass is 10.0. The summed E-state index contributed by atoms with van der Waals surface area (Å²) < 4.78 is 6.90. The van der Waals surface area contributed by atoms with Gasteiger partial charge in [-0.15, -0.1) is 11.3 Å². The van der Waals surface area contributed by atoms with Gasteiger partial charge in [0.05, 0.1) is 11.6 Å². The van der Waals surface area contributed by atoms with E-state index in [4.69, 9.17) is 10.00 Å². The normalized spacial score (nSPS) is 10.6. The molecule has 5 heteroatoms. The number of hydrogen-bond donors (Lipinski definition) is 0. The number of rotatable bonds is 7. The maximum Gasteiger partial charge on any atom is 0.206 e. The maximum atomic E-state index is 13.3. The highest BCUT2D eigenvalue weighted by Gasteiger charge is 2.22. The predicted octanol–water partition coefficient (Wildman–Crippen LogP) is 6.93. The van der Waals surface area contributed by atoms with E-state index in [2.05, 4.69) is 6.07 Å². The van der Waals surface area contributed by atoms with Crippen LogP contribution in [0.4, 0.5) is 0 Å². The molecular formula is C30H19NO3S. The van der Waals surface area contributed by atoms with E-state index in [-0.39, 0.29) is 18.2 Å². The third kappa shape index (κ3) is 4.61. The van der Waals surface area contributed by atoms with Crippen LogP contribution in [0.2, 0.25) is 0 Å². The van der Waals surface area contributed by atoms with E-state index in [1.54, 1.807) is 36.4 Å². The SMILES string of the molecule is N#Cc1ccc(C(=O)c2sc3ccccc3c2OCC(=O)c2ccc(-c3ccccc3)cc2)cc1. The summed E-state index contributed by atoms with van der Waals surface area (Å²) in [6, 6.07) is 33.5. The molecule has 0 atom stereocenters. The first-order valence-electron chi connectivity index (χ1n) is 11.0. The molecule has 1 aromatic heterocycles. The van der Waals surface area contributed by atoms with Crippen molar-refractivity contribution in [2.24, 2.45) is 0 Å². The van der Waals surface area contributed by atoms with Gasteiger partial charge >= 0.3 is 0 Å². The average Bonchev–Trinajstić information content (AvgIpc) is 3.30. The van der Waals surface area contributed by atoms with Crippen LogP contribution in [0.15, 0.2) is 103 Å². The molecule has 4 aromatic carbocycles. The zero-order valence-electron chi connectivity index (χ0n) is 18.6. The van der Waals surface area contributed by atoms with Gasteiger partial charge in [0.2, 0.25) is 5.78 Å². The van der Waals surface area contributed by atoms with Crippen molar-refractivity contribution in [3.8, 4) is 22.9 Å². The first-order valence-corrected chi connectivity index (χ1v) is 11.8. The zero-order chi connectivity index (χ0) is 24.2. The first-order chi connectivity index (χ1) is 17.1. The van der Waals surface area contributed by atoms with E-state index in [0.29, 0.717) is 27.3 Å². The van der Waals surface area contributed by atoms with Crippen molar-refractivity contribution in [2.75, 3.05) is 6.61 Å². The molecule has 0 aliphatic heterocycles. The largest absolute Gasteiger partial charge is 0.483 e. The van der Waals surface area contributed by atoms with Gasteiger partial charge < -0.3 is 4.74 Å². The number of nitrogens with zero attached hydrogens (tertiary/aromatic N) is 1. The van der Waals surface area contributed by atoms with Crippen molar-refractivity contribution in [1.29, 1.82) is 5.26 Å². The number of ketones is 2. The van der Waals surface area contributed by atoms with Gasteiger partial charge in [0, 0.05) is 21.2 Å². The van der Waals surface area contributed by atoms with Crippen LogP contribution in [0.5, 0.6) is 5.75 Å². The van der Waals surface area contributed by atoms with E-state index < -0.39 is 0 Å². The molecule has 0 unspecified atom stereocenters. The number of Topliss-reactive ketones (excluding diaryl/α,β-unsaturated/α-hetero) is 1. The zero-order valence-corrected chi connectivity index (χ0v) is 19.4. The molecule has 4 nitrogen and oxygen atoms in total. The molecule has 0 aliphatic rings. The fourth-order valence-electron chi connectivity index (χ4n) is 3.84. The van der Waals surface area contributed by atoms with Gasteiger partial charge in [-0.1, -0.05) is 66.7 Å². The van der Waals surface area contributed by atoms with Crippen LogP contribution >= 0.6 is 11.3 Å². The molecular weight excluding hydrogens is 454 g/mol. The molecule has 0 aliphatic carbocycles. The summed E-state index contributed by atoms with van der Waals surface area (Å²) in [4.78, 5) is 26.6. The highest BCUT2D eigenvalue weighted by atomic mass is 32.1. The number of ether oxygens (including phenoxy) is 1. The summed E-state index contributed by atoms with van der Waals surface area (Å²) in [5.74, 6) is 0.0382. The van der Waals surface area contributed by atoms with Crippen LogP contribution in [0, 0.1) is 11.3 Å². The quantitative estimate of drug-likeness (QED) is 0.240. The van der Waals surface area contributed by atoms with Gasteiger partial charge in [-0.3, -0.25) is 9.59 Å². The first kappa shape index (κ1) is 22.3. The number of hydrogen-bond acceptors (Lipinski definition) is 5. The third-order valence-corrected chi connectivity index (χ3v) is 6.84. The highest BCUT2D eigenvalue weighted by Crippen LogP contribution is 2.39. The number of carbonyl (C=O) groups is 2. The van der Waals surface area contributed by atoms with E-state index >= 15 is 0 Å². The average molecular weight is 474 g/mol. The van der Waals surface area contributed by atoms with Crippen molar-refractivity contribution in [2.45, 2.75) is 0 Å². The van der Waals surface area contributed by atoms with Gasteiger partial charge in [-0.05, 0) is 47.5 Å². The Morgan fingerprint density at radius 2 is 1.37 bits per heavy atom. The molecule has 0 amide bonds. The highest BCUT2D eigenvalue weighted by molar-refractivity contribution is 7.21. The van der Waals surface area contributed by atoms with Gasteiger partial charge in [-0.2, -0.15) is 5.26 Å². The summed E-state index contributed by atoms with van der Waals surface area (Å²) in [6.45, 7) is -0.181. The molecule has 0 fully saturated rings. The number of benzene rings is 4. The Morgan fingerprint density at radius 3 is 2.09 bits per heavy atom. The summed E-state index contributed by atoms with van der Waals surface area (Å²) in [5.41, 5.74) is 3.60. The van der Waals surface area contributed by atoms with Crippen LogP contribution in [0.1, 0.15) is 31.2 Å². The second-order valence-corrected chi connectivity index (χ2v) is 8.98. The number of fused-ring (bicyclic) bond motifs is 1. The summed E-state index contributed by atoms with van der Waals surface area (Å²) in [5, 5.41) is 9.82. The Kier molecular flexibility index (Phi) is 6.21.